The maximum Gasteiger partial charge on any atom is 0.129 e. The molecule has 3 nitrogen and oxygen atoms in total. The molecule has 1 saturated carbocycles. The van der Waals surface area contributed by atoms with Crippen LogP contribution in [0.15, 0.2) is 18.3 Å². The van der Waals surface area contributed by atoms with Crippen molar-refractivity contribution in [2.45, 2.75) is 46.3 Å². The fraction of sp³-hybridized carbons (Fsp3) is 0.667. The molecule has 1 fully saturated rings. The fourth-order valence-corrected chi connectivity index (χ4v) is 2.50. The molecule has 0 bridgehead atoms. The SMILES string of the molecule is CC(C)COC1CC(Nc2ccc(Cl)nc2)C1(C)C. The van der Waals surface area contributed by atoms with Crippen molar-refractivity contribution in [2.24, 2.45) is 11.3 Å². The van der Waals surface area contributed by atoms with Crippen molar-refractivity contribution in [1.82, 2.24) is 4.98 Å². The molecule has 0 spiro atoms. The van der Waals surface area contributed by atoms with E-state index in [0.29, 0.717) is 23.2 Å². The molecule has 2 unspecified atom stereocenters. The zero-order valence-electron chi connectivity index (χ0n) is 12.1. The molecule has 1 heterocycles. The van der Waals surface area contributed by atoms with E-state index in [9.17, 15) is 0 Å². The lowest BCUT2D eigenvalue weighted by Crippen LogP contribution is -2.58. The van der Waals surface area contributed by atoms with E-state index in [4.69, 9.17) is 16.3 Å². The number of nitrogens with zero attached hydrogens (tertiary/aromatic N) is 1. The molecule has 0 saturated heterocycles. The molecule has 4 heteroatoms. The van der Waals surface area contributed by atoms with Crippen molar-refractivity contribution in [3.8, 4) is 0 Å². The lowest BCUT2D eigenvalue weighted by Gasteiger charge is -2.52. The van der Waals surface area contributed by atoms with E-state index in [1.807, 2.05) is 12.1 Å². The van der Waals surface area contributed by atoms with Gasteiger partial charge in [0.1, 0.15) is 5.15 Å². The minimum Gasteiger partial charge on any atom is -0.380 e. The zero-order chi connectivity index (χ0) is 14.0. The van der Waals surface area contributed by atoms with Gasteiger partial charge in [-0.2, -0.15) is 0 Å². The summed E-state index contributed by atoms with van der Waals surface area (Å²) in [5.74, 6) is 0.586. The highest BCUT2D eigenvalue weighted by Gasteiger charge is 2.49. The smallest absolute Gasteiger partial charge is 0.129 e. The van der Waals surface area contributed by atoms with Crippen LogP contribution in [0.25, 0.3) is 0 Å². The minimum absolute atomic E-state index is 0.147. The highest BCUT2D eigenvalue weighted by molar-refractivity contribution is 6.29. The van der Waals surface area contributed by atoms with E-state index in [2.05, 4.69) is 38.0 Å². The fourth-order valence-electron chi connectivity index (χ4n) is 2.38. The van der Waals surface area contributed by atoms with Crippen molar-refractivity contribution >= 4 is 17.3 Å². The van der Waals surface area contributed by atoms with Gasteiger partial charge in [-0.25, -0.2) is 4.98 Å². The average molecular weight is 283 g/mol. The third kappa shape index (κ3) is 3.40. The number of nitrogens with one attached hydrogen (secondary N) is 1. The number of pyridine rings is 1. The van der Waals surface area contributed by atoms with Crippen molar-refractivity contribution in [3.63, 3.8) is 0 Å². The Morgan fingerprint density at radius 1 is 1.47 bits per heavy atom. The van der Waals surface area contributed by atoms with Gasteiger partial charge in [0.05, 0.1) is 18.0 Å². The number of halogens is 1. The highest BCUT2D eigenvalue weighted by Crippen LogP contribution is 2.44. The van der Waals surface area contributed by atoms with E-state index in [0.717, 1.165) is 18.7 Å². The van der Waals surface area contributed by atoms with Gasteiger partial charge >= 0.3 is 0 Å². The Hall–Kier alpha value is -0.800. The Kier molecular flexibility index (Phi) is 4.36. The van der Waals surface area contributed by atoms with Crippen LogP contribution in [0.2, 0.25) is 5.15 Å². The molecule has 1 aliphatic carbocycles. The summed E-state index contributed by atoms with van der Waals surface area (Å²) in [7, 11) is 0. The zero-order valence-corrected chi connectivity index (χ0v) is 12.9. The summed E-state index contributed by atoms with van der Waals surface area (Å²) < 4.78 is 5.96. The first-order chi connectivity index (χ1) is 8.89. The number of anilines is 1. The van der Waals surface area contributed by atoms with Gasteiger partial charge in [0.2, 0.25) is 0 Å². The van der Waals surface area contributed by atoms with Crippen LogP contribution >= 0.6 is 11.6 Å². The molecular weight excluding hydrogens is 260 g/mol. The van der Waals surface area contributed by atoms with Gasteiger partial charge in [-0.15, -0.1) is 0 Å². The second-order valence-corrected chi connectivity index (χ2v) is 6.73. The Labute approximate surface area is 120 Å². The molecule has 0 aliphatic heterocycles. The summed E-state index contributed by atoms with van der Waals surface area (Å²) in [6.07, 6.45) is 3.16. The Morgan fingerprint density at radius 2 is 2.21 bits per heavy atom. The van der Waals surface area contributed by atoms with Crippen LogP contribution in [0, 0.1) is 11.3 Å². The van der Waals surface area contributed by atoms with E-state index >= 15 is 0 Å². The number of rotatable bonds is 5. The molecule has 1 aromatic heterocycles. The molecule has 0 radical (unpaired) electrons. The summed E-state index contributed by atoms with van der Waals surface area (Å²) in [6.45, 7) is 9.70. The summed E-state index contributed by atoms with van der Waals surface area (Å²) in [5.41, 5.74) is 1.17. The van der Waals surface area contributed by atoms with E-state index in [1.165, 1.54) is 0 Å². The maximum atomic E-state index is 5.96. The Bertz CT molecular complexity index is 417. The first-order valence-corrected chi connectivity index (χ1v) is 7.27. The Balaban J connectivity index is 1.88. The molecule has 2 atom stereocenters. The van der Waals surface area contributed by atoms with E-state index in [1.54, 1.807) is 6.20 Å². The number of ether oxygens (including phenoxy) is 1. The van der Waals surface area contributed by atoms with E-state index < -0.39 is 0 Å². The standard InChI is InChI=1S/C15H23ClN2O/c1-10(2)9-19-13-7-12(15(13,3)4)18-11-5-6-14(16)17-8-11/h5-6,8,10,12-13,18H,7,9H2,1-4H3. The van der Waals surface area contributed by atoms with Gasteiger partial charge in [0.15, 0.2) is 0 Å². The monoisotopic (exact) mass is 282 g/mol. The summed E-state index contributed by atoms with van der Waals surface area (Å²) >= 11 is 5.79. The molecule has 1 aliphatic rings. The van der Waals surface area contributed by atoms with Gasteiger partial charge in [-0.05, 0) is 24.5 Å². The molecule has 1 aromatic rings. The van der Waals surface area contributed by atoms with Crippen LogP contribution in [0.4, 0.5) is 5.69 Å². The van der Waals surface area contributed by atoms with E-state index in [-0.39, 0.29) is 5.41 Å². The second kappa shape index (κ2) is 5.68. The molecule has 106 valence electrons. The molecule has 1 N–H and O–H groups in total. The third-order valence-electron chi connectivity index (χ3n) is 3.88. The van der Waals surface area contributed by atoms with Crippen LogP contribution in [0.1, 0.15) is 34.1 Å². The first-order valence-electron chi connectivity index (χ1n) is 6.89. The number of aromatic nitrogens is 1. The predicted octanol–water partition coefficient (Wildman–Crippen LogP) is 3.99. The highest BCUT2D eigenvalue weighted by atomic mass is 35.5. The van der Waals surface area contributed by atoms with Crippen LogP contribution in [0.5, 0.6) is 0 Å². The quantitative estimate of drug-likeness (QED) is 0.829. The van der Waals surface area contributed by atoms with Crippen molar-refractivity contribution in [1.29, 1.82) is 0 Å². The molecule has 2 rings (SSSR count). The number of hydrogen-bond donors (Lipinski definition) is 1. The third-order valence-corrected chi connectivity index (χ3v) is 4.10. The van der Waals surface area contributed by atoms with Crippen molar-refractivity contribution in [3.05, 3.63) is 23.5 Å². The maximum absolute atomic E-state index is 5.96. The van der Waals surface area contributed by atoms with Gasteiger partial charge in [0, 0.05) is 18.1 Å². The largest absolute Gasteiger partial charge is 0.380 e. The van der Waals surface area contributed by atoms with Crippen molar-refractivity contribution < 1.29 is 4.74 Å². The predicted molar refractivity (Wildman–Crippen MR) is 79.6 cm³/mol. The average Bonchev–Trinajstić information content (AvgIpc) is 2.34. The van der Waals surface area contributed by atoms with Gasteiger partial charge in [-0.3, -0.25) is 0 Å². The Morgan fingerprint density at radius 3 is 2.74 bits per heavy atom. The van der Waals surface area contributed by atoms with Gasteiger partial charge in [0.25, 0.3) is 0 Å². The molecule has 0 aromatic carbocycles. The summed E-state index contributed by atoms with van der Waals surface area (Å²) in [6, 6.07) is 4.20. The number of hydrogen-bond acceptors (Lipinski definition) is 3. The van der Waals surface area contributed by atoms with Crippen molar-refractivity contribution in [2.75, 3.05) is 11.9 Å². The minimum atomic E-state index is 0.147. The molecular formula is C15H23ClN2O. The second-order valence-electron chi connectivity index (χ2n) is 6.34. The van der Waals surface area contributed by atoms with Crippen LogP contribution in [-0.2, 0) is 4.74 Å². The van der Waals surface area contributed by atoms with Crippen LogP contribution < -0.4 is 5.32 Å². The summed E-state index contributed by atoms with van der Waals surface area (Å²) in [5, 5.41) is 4.04. The lowest BCUT2D eigenvalue weighted by molar-refractivity contribution is -0.108. The first kappa shape index (κ1) is 14.6. The summed E-state index contributed by atoms with van der Waals surface area (Å²) in [4.78, 5) is 4.09. The van der Waals surface area contributed by atoms with Gasteiger partial charge < -0.3 is 10.1 Å². The molecule has 19 heavy (non-hydrogen) atoms. The molecule has 0 amide bonds. The van der Waals surface area contributed by atoms with Crippen LogP contribution in [0.3, 0.4) is 0 Å². The normalized spacial score (nSPS) is 25.2. The van der Waals surface area contributed by atoms with Gasteiger partial charge in [-0.1, -0.05) is 39.3 Å². The van der Waals surface area contributed by atoms with Crippen LogP contribution in [-0.4, -0.2) is 23.7 Å². The lowest BCUT2D eigenvalue weighted by atomic mass is 9.64. The topological polar surface area (TPSA) is 34.1 Å².